The third kappa shape index (κ3) is 7.45. The fourth-order valence-electron chi connectivity index (χ4n) is 1.91. The fraction of sp³-hybridized carbons (Fsp3) is 0.562. The predicted octanol–water partition coefficient (Wildman–Crippen LogP) is 2.39. The van der Waals surface area contributed by atoms with Crippen LogP contribution in [0, 0.1) is 0 Å². The highest BCUT2D eigenvalue weighted by molar-refractivity contribution is 5.79. The molecule has 0 amide bonds. The molecule has 0 aliphatic rings. The molecule has 0 unspecified atom stereocenters. The molecule has 0 atom stereocenters. The monoisotopic (exact) mass is 345 g/mol. The Kier molecular flexibility index (Phi) is 9.52. The van der Waals surface area contributed by atoms with Crippen molar-refractivity contribution in [2.24, 2.45) is 4.99 Å². The number of alkyl halides is 2. The van der Waals surface area contributed by atoms with E-state index in [1.54, 1.807) is 12.1 Å². The SMILES string of the molecule is CCNC(=NCc1ccc(OC)c(OC(F)F)c1)NCCOCC. The van der Waals surface area contributed by atoms with Crippen LogP contribution in [0.3, 0.4) is 0 Å². The second-order valence-electron chi connectivity index (χ2n) is 4.68. The van der Waals surface area contributed by atoms with Crippen LogP contribution in [0.5, 0.6) is 11.5 Å². The Morgan fingerprint density at radius 1 is 1.21 bits per heavy atom. The van der Waals surface area contributed by atoms with Crippen molar-refractivity contribution < 1.29 is 23.0 Å². The van der Waals surface area contributed by atoms with Crippen LogP contribution in [-0.4, -0.2) is 46.0 Å². The number of nitrogens with one attached hydrogen (secondary N) is 2. The van der Waals surface area contributed by atoms with Gasteiger partial charge in [0.1, 0.15) is 0 Å². The zero-order valence-electron chi connectivity index (χ0n) is 14.3. The number of nitrogens with zero attached hydrogens (tertiary/aromatic N) is 1. The second-order valence-corrected chi connectivity index (χ2v) is 4.68. The molecule has 1 rings (SSSR count). The van der Waals surface area contributed by atoms with Gasteiger partial charge in [-0.2, -0.15) is 8.78 Å². The highest BCUT2D eigenvalue weighted by Gasteiger charge is 2.11. The molecule has 0 fully saturated rings. The maximum absolute atomic E-state index is 12.4. The van der Waals surface area contributed by atoms with E-state index in [9.17, 15) is 8.78 Å². The van der Waals surface area contributed by atoms with E-state index in [0.717, 1.165) is 5.56 Å². The van der Waals surface area contributed by atoms with Gasteiger partial charge >= 0.3 is 6.61 Å². The molecule has 6 nitrogen and oxygen atoms in total. The molecule has 0 aromatic heterocycles. The van der Waals surface area contributed by atoms with Gasteiger partial charge in [0.15, 0.2) is 17.5 Å². The highest BCUT2D eigenvalue weighted by Crippen LogP contribution is 2.29. The maximum Gasteiger partial charge on any atom is 0.387 e. The molecular formula is C16H25F2N3O3. The van der Waals surface area contributed by atoms with Crippen LogP contribution in [-0.2, 0) is 11.3 Å². The highest BCUT2D eigenvalue weighted by atomic mass is 19.3. The summed E-state index contributed by atoms with van der Waals surface area (Å²) in [5.74, 6) is 0.878. The summed E-state index contributed by atoms with van der Waals surface area (Å²) in [6.45, 7) is 3.88. The Balaban J connectivity index is 2.73. The van der Waals surface area contributed by atoms with Gasteiger partial charge in [0.25, 0.3) is 0 Å². The van der Waals surface area contributed by atoms with Crippen LogP contribution in [0.15, 0.2) is 23.2 Å². The van der Waals surface area contributed by atoms with Crippen molar-refractivity contribution in [2.45, 2.75) is 27.0 Å². The van der Waals surface area contributed by atoms with Crippen LogP contribution < -0.4 is 20.1 Å². The molecule has 0 spiro atoms. The molecule has 1 aromatic carbocycles. The molecule has 0 aliphatic heterocycles. The molecule has 0 saturated carbocycles. The minimum atomic E-state index is -2.91. The summed E-state index contributed by atoms with van der Waals surface area (Å²) in [6, 6.07) is 4.83. The minimum absolute atomic E-state index is 0.00509. The Morgan fingerprint density at radius 3 is 2.62 bits per heavy atom. The molecule has 1 aromatic rings. The van der Waals surface area contributed by atoms with Gasteiger partial charge in [-0.15, -0.1) is 0 Å². The number of hydrogen-bond donors (Lipinski definition) is 2. The van der Waals surface area contributed by atoms with E-state index in [1.165, 1.54) is 13.2 Å². The van der Waals surface area contributed by atoms with Gasteiger partial charge < -0.3 is 24.8 Å². The van der Waals surface area contributed by atoms with E-state index in [4.69, 9.17) is 9.47 Å². The van der Waals surface area contributed by atoms with Crippen molar-refractivity contribution in [3.05, 3.63) is 23.8 Å². The first-order valence-electron chi connectivity index (χ1n) is 7.82. The molecule has 24 heavy (non-hydrogen) atoms. The maximum atomic E-state index is 12.4. The average molecular weight is 345 g/mol. The van der Waals surface area contributed by atoms with Crippen LogP contribution >= 0.6 is 0 Å². The van der Waals surface area contributed by atoms with Crippen LogP contribution in [0.4, 0.5) is 8.78 Å². The molecule has 0 radical (unpaired) electrons. The van der Waals surface area contributed by atoms with Crippen LogP contribution in [0.25, 0.3) is 0 Å². The molecule has 8 heteroatoms. The molecule has 136 valence electrons. The number of hydrogen-bond acceptors (Lipinski definition) is 4. The quantitative estimate of drug-likeness (QED) is 0.387. The molecule has 0 saturated heterocycles. The minimum Gasteiger partial charge on any atom is -0.493 e. The number of rotatable bonds is 10. The topological polar surface area (TPSA) is 64.1 Å². The number of ether oxygens (including phenoxy) is 3. The lowest BCUT2D eigenvalue weighted by Gasteiger charge is -2.13. The first-order chi connectivity index (χ1) is 11.6. The molecule has 0 heterocycles. The summed E-state index contributed by atoms with van der Waals surface area (Å²) < 4.78 is 39.6. The Labute approximate surface area is 141 Å². The van der Waals surface area contributed by atoms with Gasteiger partial charge in [0.05, 0.1) is 20.3 Å². The normalized spacial score (nSPS) is 11.5. The largest absolute Gasteiger partial charge is 0.493 e. The Hall–Kier alpha value is -2.09. The summed E-state index contributed by atoms with van der Waals surface area (Å²) in [7, 11) is 1.40. The van der Waals surface area contributed by atoms with Gasteiger partial charge in [0.2, 0.25) is 0 Å². The molecule has 0 bridgehead atoms. The van der Waals surface area contributed by atoms with E-state index in [1.807, 2.05) is 13.8 Å². The smallest absolute Gasteiger partial charge is 0.387 e. The van der Waals surface area contributed by atoms with Crippen molar-refractivity contribution in [3.8, 4) is 11.5 Å². The van der Waals surface area contributed by atoms with Gasteiger partial charge in [0, 0.05) is 19.7 Å². The van der Waals surface area contributed by atoms with Gasteiger partial charge in [-0.1, -0.05) is 6.07 Å². The van der Waals surface area contributed by atoms with Gasteiger partial charge in [-0.05, 0) is 31.5 Å². The number of halogens is 2. The van der Waals surface area contributed by atoms with Crippen molar-refractivity contribution in [3.63, 3.8) is 0 Å². The van der Waals surface area contributed by atoms with E-state index in [-0.39, 0.29) is 11.5 Å². The number of methoxy groups -OCH3 is 1. The lowest BCUT2D eigenvalue weighted by molar-refractivity contribution is -0.0512. The third-order valence-corrected chi connectivity index (χ3v) is 2.95. The summed E-state index contributed by atoms with van der Waals surface area (Å²) in [5, 5.41) is 6.24. The average Bonchev–Trinajstić information content (AvgIpc) is 2.56. The number of guanidine groups is 1. The summed E-state index contributed by atoms with van der Waals surface area (Å²) >= 11 is 0. The zero-order valence-corrected chi connectivity index (χ0v) is 14.3. The standard InChI is InChI=1S/C16H25F2N3O3/c1-4-19-16(20-8-9-23-5-2)21-11-12-6-7-13(22-3)14(10-12)24-15(17)18/h6-7,10,15H,4-5,8-9,11H2,1-3H3,(H2,19,20,21). The van der Waals surface area contributed by atoms with Crippen LogP contribution in [0.1, 0.15) is 19.4 Å². The lowest BCUT2D eigenvalue weighted by Crippen LogP contribution is -2.39. The number of benzene rings is 1. The molecule has 0 aliphatic carbocycles. The Bertz CT molecular complexity index is 513. The van der Waals surface area contributed by atoms with E-state index >= 15 is 0 Å². The van der Waals surface area contributed by atoms with Crippen molar-refractivity contribution in [1.29, 1.82) is 0 Å². The lowest BCUT2D eigenvalue weighted by atomic mass is 10.2. The number of aliphatic imine (C=N–C) groups is 1. The molecular weight excluding hydrogens is 320 g/mol. The van der Waals surface area contributed by atoms with E-state index in [2.05, 4.69) is 20.4 Å². The van der Waals surface area contributed by atoms with Crippen molar-refractivity contribution >= 4 is 5.96 Å². The van der Waals surface area contributed by atoms with E-state index in [0.29, 0.717) is 38.8 Å². The second kappa shape index (κ2) is 11.4. The molecule has 2 N–H and O–H groups in total. The third-order valence-electron chi connectivity index (χ3n) is 2.95. The predicted molar refractivity (Wildman–Crippen MR) is 88.9 cm³/mol. The summed E-state index contributed by atoms with van der Waals surface area (Å²) in [5.41, 5.74) is 0.730. The van der Waals surface area contributed by atoms with Crippen molar-refractivity contribution in [2.75, 3.05) is 33.4 Å². The first kappa shape index (κ1) is 20.0. The van der Waals surface area contributed by atoms with Crippen molar-refractivity contribution in [1.82, 2.24) is 10.6 Å². The van der Waals surface area contributed by atoms with E-state index < -0.39 is 6.61 Å². The van der Waals surface area contributed by atoms with Gasteiger partial charge in [-0.25, -0.2) is 4.99 Å². The Morgan fingerprint density at radius 2 is 2.00 bits per heavy atom. The fourth-order valence-corrected chi connectivity index (χ4v) is 1.91. The van der Waals surface area contributed by atoms with Crippen LogP contribution in [0.2, 0.25) is 0 Å². The first-order valence-corrected chi connectivity index (χ1v) is 7.82. The zero-order chi connectivity index (χ0) is 17.8. The summed E-state index contributed by atoms with van der Waals surface area (Å²) in [4.78, 5) is 4.41. The van der Waals surface area contributed by atoms with Gasteiger partial charge in [-0.3, -0.25) is 0 Å². The summed E-state index contributed by atoms with van der Waals surface area (Å²) in [6.07, 6.45) is 0.